The first-order valence-corrected chi connectivity index (χ1v) is 9.06. The number of carbonyl (C=O) groups excluding carboxylic acids is 1. The van der Waals surface area contributed by atoms with E-state index in [1.54, 1.807) is 20.2 Å². The summed E-state index contributed by atoms with van der Waals surface area (Å²) in [5, 5.41) is 2.28. The van der Waals surface area contributed by atoms with E-state index >= 15 is 0 Å². The number of fused-ring (bicyclic) bond motifs is 1. The van der Waals surface area contributed by atoms with Crippen LogP contribution in [0.4, 0.5) is 0 Å². The highest BCUT2D eigenvalue weighted by Gasteiger charge is 2.39. The molecule has 8 heteroatoms. The van der Waals surface area contributed by atoms with Crippen molar-refractivity contribution >= 4 is 16.8 Å². The van der Waals surface area contributed by atoms with Crippen LogP contribution in [0.1, 0.15) is 18.5 Å². The Morgan fingerprint density at radius 1 is 1.24 bits per heavy atom. The number of amides is 1. The quantitative estimate of drug-likeness (QED) is 0.715. The third-order valence-electron chi connectivity index (χ3n) is 5.14. The van der Waals surface area contributed by atoms with E-state index in [0.29, 0.717) is 17.2 Å². The molecule has 0 spiro atoms. The number of aromatic nitrogens is 2. The van der Waals surface area contributed by atoms with E-state index in [1.807, 2.05) is 48.1 Å². The van der Waals surface area contributed by atoms with Crippen molar-refractivity contribution in [3.8, 4) is 17.0 Å². The summed E-state index contributed by atoms with van der Waals surface area (Å²) in [6.45, 7) is 1.70. The Morgan fingerprint density at radius 2 is 2.00 bits per heavy atom. The minimum absolute atomic E-state index is 0.360. The van der Waals surface area contributed by atoms with Crippen molar-refractivity contribution in [3.63, 3.8) is 0 Å². The number of carbonyl (C=O) groups is 1. The smallest absolute Gasteiger partial charge is 0.250 e. The number of ether oxygens (including phenoxy) is 1. The van der Waals surface area contributed by atoms with Gasteiger partial charge in [0.2, 0.25) is 11.8 Å². The zero-order valence-electron chi connectivity index (χ0n) is 16.7. The SMILES string of the molecule is COc1cc2c(-c3ccccc3C3C(C(N)=O)=C(C)ON3OC)cn(C)c2cn1. The predicted molar refractivity (Wildman–Crippen MR) is 107 cm³/mol. The van der Waals surface area contributed by atoms with Crippen molar-refractivity contribution in [3.05, 3.63) is 59.6 Å². The largest absolute Gasteiger partial charge is 0.481 e. The maximum Gasteiger partial charge on any atom is 0.250 e. The number of hydrogen-bond acceptors (Lipinski definition) is 6. The van der Waals surface area contributed by atoms with Crippen LogP contribution in [-0.4, -0.2) is 34.9 Å². The molecular weight excluding hydrogens is 372 g/mol. The second kappa shape index (κ2) is 7.23. The minimum Gasteiger partial charge on any atom is -0.481 e. The van der Waals surface area contributed by atoms with Gasteiger partial charge in [0.05, 0.1) is 31.5 Å². The van der Waals surface area contributed by atoms with Crippen LogP contribution in [0.2, 0.25) is 0 Å². The minimum atomic E-state index is -0.590. The number of aryl methyl sites for hydroxylation is 1. The number of hydrogen-bond donors (Lipinski definition) is 1. The van der Waals surface area contributed by atoms with Gasteiger partial charge in [-0.1, -0.05) is 24.3 Å². The fourth-order valence-electron chi connectivity index (χ4n) is 3.82. The molecule has 0 bridgehead atoms. The molecule has 8 nitrogen and oxygen atoms in total. The van der Waals surface area contributed by atoms with E-state index in [0.717, 1.165) is 27.6 Å². The second-order valence-electron chi connectivity index (χ2n) is 6.78. The van der Waals surface area contributed by atoms with Crippen molar-refractivity contribution in [2.24, 2.45) is 12.8 Å². The highest BCUT2D eigenvalue weighted by molar-refractivity contribution is 5.98. The number of nitrogens with two attached hydrogens (primary N) is 1. The third-order valence-corrected chi connectivity index (χ3v) is 5.14. The van der Waals surface area contributed by atoms with E-state index in [2.05, 4.69) is 4.98 Å². The summed E-state index contributed by atoms with van der Waals surface area (Å²) in [6.07, 6.45) is 3.80. The van der Waals surface area contributed by atoms with Crippen molar-refractivity contribution in [2.75, 3.05) is 14.2 Å². The van der Waals surface area contributed by atoms with Gasteiger partial charge in [0.1, 0.15) is 11.8 Å². The van der Waals surface area contributed by atoms with Crippen LogP contribution in [0.3, 0.4) is 0 Å². The first-order chi connectivity index (χ1) is 14.0. The van der Waals surface area contributed by atoms with Crippen LogP contribution in [-0.2, 0) is 21.5 Å². The third kappa shape index (κ3) is 3.02. The molecule has 0 radical (unpaired) electrons. The lowest BCUT2D eigenvalue weighted by molar-refractivity contribution is -0.339. The lowest BCUT2D eigenvalue weighted by Gasteiger charge is -2.23. The van der Waals surface area contributed by atoms with Gasteiger partial charge in [-0.3, -0.25) is 9.63 Å². The van der Waals surface area contributed by atoms with Gasteiger partial charge in [0, 0.05) is 30.3 Å². The zero-order chi connectivity index (χ0) is 20.7. The summed E-state index contributed by atoms with van der Waals surface area (Å²) < 4.78 is 7.32. The molecule has 2 N–H and O–H groups in total. The molecule has 0 saturated heterocycles. The Bertz CT molecular complexity index is 1130. The van der Waals surface area contributed by atoms with E-state index < -0.39 is 11.9 Å². The van der Waals surface area contributed by atoms with Gasteiger partial charge >= 0.3 is 0 Å². The molecule has 1 aliphatic rings. The Kier molecular flexibility index (Phi) is 4.73. The Hall–Kier alpha value is -3.36. The molecule has 2 aromatic heterocycles. The molecule has 0 fully saturated rings. The van der Waals surface area contributed by atoms with Crippen LogP contribution >= 0.6 is 0 Å². The number of benzene rings is 1. The Balaban J connectivity index is 1.95. The summed E-state index contributed by atoms with van der Waals surface area (Å²) in [4.78, 5) is 27.5. The molecule has 1 aromatic carbocycles. The van der Waals surface area contributed by atoms with E-state index in [-0.39, 0.29) is 0 Å². The second-order valence-corrected chi connectivity index (χ2v) is 6.78. The number of rotatable bonds is 5. The molecule has 0 aliphatic carbocycles. The Morgan fingerprint density at radius 3 is 2.69 bits per heavy atom. The average molecular weight is 394 g/mol. The number of hydroxylamine groups is 2. The first kappa shape index (κ1) is 19.0. The fourth-order valence-corrected chi connectivity index (χ4v) is 3.82. The molecule has 150 valence electrons. The molecular formula is C21H22N4O4. The van der Waals surface area contributed by atoms with Crippen molar-refractivity contribution in [2.45, 2.75) is 13.0 Å². The van der Waals surface area contributed by atoms with Gasteiger partial charge < -0.3 is 19.9 Å². The van der Waals surface area contributed by atoms with Gasteiger partial charge in [0.15, 0.2) is 0 Å². The van der Waals surface area contributed by atoms with Crippen LogP contribution in [0.25, 0.3) is 22.0 Å². The first-order valence-electron chi connectivity index (χ1n) is 9.06. The molecule has 4 rings (SSSR count). The molecule has 1 atom stereocenters. The van der Waals surface area contributed by atoms with E-state index in [1.165, 1.54) is 12.3 Å². The van der Waals surface area contributed by atoms with Gasteiger partial charge in [-0.25, -0.2) is 4.98 Å². The highest BCUT2D eigenvalue weighted by atomic mass is 17.0. The van der Waals surface area contributed by atoms with Crippen molar-refractivity contribution in [1.82, 2.24) is 14.8 Å². The normalized spacial score (nSPS) is 17.0. The summed E-state index contributed by atoms with van der Waals surface area (Å²) >= 11 is 0. The number of primary amides is 1. The fraction of sp³-hybridized carbons (Fsp3) is 0.238. The lowest BCUT2D eigenvalue weighted by Crippen LogP contribution is -2.27. The van der Waals surface area contributed by atoms with Crippen molar-refractivity contribution < 1.29 is 19.2 Å². The van der Waals surface area contributed by atoms with E-state index in [9.17, 15) is 4.79 Å². The zero-order valence-corrected chi connectivity index (χ0v) is 16.7. The molecule has 0 saturated carbocycles. The summed E-state index contributed by atoms with van der Waals surface area (Å²) in [5.74, 6) is 0.396. The Labute approximate surface area is 168 Å². The van der Waals surface area contributed by atoms with Crippen LogP contribution in [0.5, 0.6) is 5.88 Å². The lowest BCUT2D eigenvalue weighted by atomic mass is 9.90. The summed E-state index contributed by atoms with van der Waals surface area (Å²) in [5.41, 5.74) is 9.73. The molecule has 3 aromatic rings. The van der Waals surface area contributed by atoms with E-state index in [4.69, 9.17) is 20.1 Å². The molecule has 3 heterocycles. The maximum absolute atomic E-state index is 12.2. The van der Waals surface area contributed by atoms with Gasteiger partial charge in [-0.15, -0.1) is 0 Å². The maximum atomic E-state index is 12.2. The number of nitrogens with zero attached hydrogens (tertiary/aromatic N) is 3. The van der Waals surface area contributed by atoms with Gasteiger partial charge in [-0.05, 0) is 23.3 Å². The molecule has 1 unspecified atom stereocenters. The molecule has 1 aliphatic heterocycles. The standard InChI is InChI=1S/C21H22N4O4/c1-12-19(21(22)26)20(25(28-4)29-12)14-8-6-5-7-13(14)16-11-24(2)17-10-23-18(27-3)9-15(16)17/h5-11,20H,1-4H3,(H2,22,26). The number of methoxy groups -OCH3 is 1. The van der Waals surface area contributed by atoms with Gasteiger partial charge in [-0.2, -0.15) is 0 Å². The van der Waals surface area contributed by atoms with Crippen LogP contribution in [0, 0.1) is 0 Å². The summed E-state index contributed by atoms with van der Waals surface area (Å²) in [7, 11) is 5.03. The highest BCUT2D eigenvalue weighted by Crippen LogP contribution is 2.43. The predicted octanol–water partition coefficient (Wildman–Crippen LogP) is 2.86. The molecule has 1 amide bonds. The van der Waals surface area contributed by atoms with Crippen LogP contribution < -0.4 is 10.5 Å². The topological polar surface area (TPSA) is 91.8 Å². The van der Waals surface area contributed by atoms with Crippen LogP contribution in [0.15, 0.2) is 54.1 Å². The number of allylic oxidation sites excluding steroid dienone is 1. The number of pyridine rings is 1. The van der Waals surface area contributed by atoms with Gasteiger partial charge in [0.25, 0.3) is 0 Å². The van der Waals surface area contributed by atoms with Crippen molar-refractivity contribution in [1.29, 1.82) is 0 Å². The average Bonchev–Trinajstić information content (AvgIpc) is 3.24. The summed E-state index contributed by atoms with van der Waals surface area (Å²) in [6, 6.07) is 9.10. The molecule has 29 heavy (non-hydrogen) atoms. The monoisotopic (exact) mass is 394 g/mol.